The van der Waals surface area contributed by atoms with Crippen molar-refractivity contribution >= 4 is 54.6 Å². The van der Waals surface area contributed by atoms with Crippen molar-refractivity contribution in [2.24, 2.45) is 0 Å². The Morgan fingerprint density at radius 3 is 1.23 bits per heavy atom. The molecular formula is C42H24N4O2. The van der Waals surface area contributed by atoms with E-state index >= 15 is 0 Å². The molecule has 10 aromatic rings. The van der Waals surface area contributed by atoms with Crippen LogP contribution in [0.2, 0.25) is 0 Å². The summed E-state index contributed by atoms with van der Waals surface area (Å²) < 4.78 is 12.4. The van der Waals surface area contributed by atoms with Gasteiger partial charge in [-0.1, -0.05) is 84.9 Å². The summed E-state index contributed by atoms with van der Waals surface area (Å²) in [5.74, 6) is 1.27. The summed E-state index contributed by atoms with van der Waals surface area (Å²) in [4.78, 5) is 19.0. The maximum atomic E-state index is 6.20. The summed E-state index contributed by atoms with van der Waals surface area (Å²) in [5.41, 5.74) is 9.08. The molecule has 10 rings (SSSR count). The van der Waals surface area contributed by atoms with Crippen LogP contribution in [-0.2, 0) is 0 Å². The number of rotatable bonds is 4. The number of para-hydroxylation sites is 4. The van der Waals surface area contributed by atoms with Crippen LogP contribution in [0.25, 0.3) is 99.7 Å². The van der Waals surface area contributed by atoms with Crippen molar-refractivity contribution < 1.29 is 8.83 Å². The third-order valence-corrected chi connectivity index (χ3v) is 9.10. The summed E-state index contributed by atoms with van der Waals surface area (Å²) in [5, 5.41) is 6.56. The molecule has 4 heterocycles. The van der Waals surface area contributed by atoms with E-state index < -0.39 is 0 Å². The minimum atomic E-state index is 0.636. The van der Waals surface area contributed by atoms with E-state index in [4.69, 9.17) is 28.8 Å². The van der Waals surface area contributed by atoms with Crippen LogP contribution in [0.15, 0.2) is 155 Å². The number of fused-ring (bicyclic) bond motifs is 7. The van der Waals surface area contributed by atoms with Crippen molar-refractivity contribution in [3.8, 4) is 45.0 Å². The van der Waals surface area contributed by atoms with Crippen molar-refractivity contribution in [1.82, 2.24) is 19.9 Å². The first kappa shape index (κ1) is 26.5. The molecule has 0 unspecified atom stereocenters. The molecule has 6 aromatic carbocycles. The zero-order chi connectivity index (χ0) is 31.6. The Labute approximate surface area is 274 Å². The van der Waals surface area contributed by atoms with E-state index in [9.17, 15) is 0 Å². The van der Waals surface area contributed by atoms with Gasteiger partial charge >= 0.3 is 0 Å². The largest absolute Gasteiger partial charge is 0.455 e. The predicted molar refractivity (Wildman–Crippen MR) is 191 cm³/mol. The van der Waals surface area contributed by atoms with Crippen LogP contribution in [0.3, 0.4) is 0 Å². The Hall–Kier alpha value is -6.66. The standard InChI is InChI=1S/C42H24N4O2/c1-3-13-37-31(7-1)33-9-5-11-35(39(33)47-37)41-43-21-29(22-44-41)27-17-15-26-20-28(18-16-25(26)19-27)30-23-45-42(46-24-30)36-12-6-10-34-32-8-2-4-14-38(32)48-40(34)36/h1-24H. The van der Waals surface area contributed by atoms with Crippen molar-refractivity contribution in [3.63, 3.8) is 0 Å². The highest BCUT2D eigenvalue weighted by atomic mass is 16.3. The average Bonchev–Trinajstić information content (AvgIpc) is 3.73. The maximum absolute atomic E-state index is 6.20. The highest BCUT2D eigenvalue weighted by molar-refractivity contribution is 6.10. The lowest BCUT2D eigenvalue weighted by atomic mass is 9.99. The molecule has 0 aliphatic rings. The molecule has 0 fully saturated rings. The van der Waals surface area contributed by atoms with Gasteiger partial charge in [0.05, 0.1) is 11.1 Å². The van der Waals surface area contributed by atoms with Crippen molar-refractivity contribution in [1.29, 1.82) is 0 Å². The van der Waals surface area contributed by atoms with E-state index in [-0.39, 0.29) is 0 Å². The van der Waals surface area contributed by atoms with Crippen LogP contribution in [0.1, 0.15) is 0 Å². The molecule has 0 spiro atoms. The Balaban J connectivity index is 0.935. The minimum absolute atomic E-state index is 0.636. The quantitative estimate of drug-likeness (QED) is 0.196. The zero-order valence-electron chi connectivity index (χ0n) is 25.5. The molecule has 4 aromatic heterocycles. The van der Waals surface area contributed by atoms with Crippen LogP contribution in [0.4, 0.5) is 0 Å². The van der Waals surface area contributed by atoms with Crippen LogP contribution in [0.5, 0.6) is 0 Å². The van der Waals surface area contributed by atoms with Gasteiger partial charge in [0.1, 0.15) is 22.3 Å². The molecule has 0 N–H and O–H groups in total. The fraction of sp³-hybridized carbons (Fsp3) is 0. The van der Waals surface area contributed by atoms with E-state index in [1.165, 1.54) is 0 Å². The molecule has 0 saturated heterocycles. The smallest absolute Gasteiger partial charge is 0.162 e. The molecule has 0 atom stereocenters. The third kappa shape index (κ3) is 4.20. The van der Waals surface area contributed by atoms with Crippen molar-refractivity contribution in [2.45, 2.75) is 0 Å². The van der Waals surface area contributed by atoms with Crippen LogP contribution < -0.4 is 0 Å². The molecule has 6 nitrogen and oxygen atoms in total. The summed E-state index contributed by atoms with van der Waals surface area (Å²) in [7, 11) is 0. The lowest BCUT2D eigenvalue weighted by Gasteiger charge is -2.08. The van der Waals surface area contributed by atoms with Gasteiger partial charge in [0.15, 0.2) is 11.6 Å². The second-order valence-electron chi connectivity index (χ2n) is 11.9. The van der Waals surface area contributed by atoms with Gasteiger partial charge < -0.3 is 8.83 Å². The van der Waals surface area contributed by atoms with Gasteiger partial charge in [0.25, 0.3) is 0 Å². The molecular weight excluding hydrogens is 592 g/mol. The van der Waals surface area contributed by atoms with E-state index in [2.05, 4.69) is 60.7 Å². The van der Waals surface area contributed by atoms with Gasteiger partial charge in [-0.15, -0.1) is 0 Å². The number of aromatic nitrogens is 4. The lowest BCUT2D eigenvalue weighted by Crippen LogP contribution is -1.91. The average molecular weight is 617 g/mol. The summed E-state index contributed by atoms with van der Waals surface area (Å²) in [6.07, 6.45) is 7.52. The molecule has 0 aliphatic heterocycles. The van der Waals surface area contributed by atoms with E-state index in [1.807, 2.05) is 85.5 Å². The Morgan fingerprint density at radius 2 is 0.771 bits per heavy atom. The molecule has 48 heavy (non-hydrogen) atoms. The lowest BCUT2D eigenvalue weighted by molar-refractivity contribution is 0.669. The molecule has 0 amide bonds. The van der Waals surface area contributed by atoms with Crippen LogP contribution in [0, 0.1) is 0 Å². The second-order valence-corrected chi connectivity index (χ2v) is 11.9. The first-order valence-corrected chi connectivity index (χ1v) is 15.8. The van der Waals surface area contributed by atoms with Gasteiger partial charge in [-0.3, -0.25) is 0 Å². The number of benzene rings is 6. The van der Waals surface area contributed by atoms with Gasteiger partial charge in [-0.2, -0.15) is 0 Å². The van der Waals surface area contributed by atoms with E-state index in [1.54, 1.807) is 0 Å². The predicted octanol–water partition coefficient (Wildman–Crippen LogP) is 10.9. The molecule has 0 aliphatic carbocycles. The van der Waals surface area contributed by atoms with Gasteiger partial charge in [0.2, 0.25) is 0 Å². The van der Waals surface area contributed by atoms with Crippen molar-refractivity contribution in [3.05, 3.63) is 146 Å². The third-order valence-electron chi connectivity index (χ3n) is 9.10. The summed E-state index contributed by atoms with van der Waals surface area (Å²) >= 11 is 0. The Morgan fingerprint density at radius 1 is 0.354 bits per heavy atom. The first-order chi connectivity index (χ1) is 23.8. The minimum Gasteiger partial charge on any atom is -0.455 e. The zero-order valence-corrected chi connectivity index (χ0v) is 25.5. The maximum Gasteiger partial charge on any atom is 0.162 e. The number of nitrogens with zero attached hydrogens (tertiary/aromatic N) is 4. The summed E-state index contributed by atoms with van der Waals surface area (Å²) in [6.45, 7) is 0. The highest BCUT2D eigenvalue weighted by Gasteiger charge is 2.15. The Kier molecular flexibility index (Phi) is 5.77. The number of hydrogen-bond acceptors (Lipinski definition) is 6. The number of furan rings is 2. The van der Waals surface area contributed by atoms with E-state index in [0.29, 0.717) is 11.6 Å². The van der Waals surface area contributed by atoms with Crippen LogP contribution in [-0.4, -0.2) is 19.9 Å². The Bertz CT molecular complexity index is 2640. The second kappa shape index (κ2) is 10.4. The van der Waals surface area contributed by atoms with Crippen molar-refractivity contribution in [2.75, 3.05) is 0 Å². The molecule has 0 saturated carbocycles. The first-order valence-electron chi connectivity index (χ1n) is 15.8. The molecule has 0 bridgehead atoms. The fourth-order valence-electron chi connectivity index (χ4n) is 6.68. The molecule has 0 radical (unpaired) electrons. The highest BCUT2D eigenvalue weighted by Crippen LogP contribution is 2.36. The fourth-order valence-corrected chi connectivity index (χ4v) is 6.68. The molecule has 224 valence electrons. The SMILES string of the molecule is c1ccc2c(c1)oc1c(-c3ncc(-c4ccc5cc(-c6cnc(-c7cccc8c7oc7ccccc78)nc6)ccc5c4)cn3)cccc12. The number of hydrogen-bond donors (Lipinski definition) is 0. The monoisotopic (exact) mass is 616 g/mol. The van der Waals surface area contributed by atoms with Gasteiger partial charge in [-0.05, 0) is 58.3 Å². The van der Waals surface area contributed by atoms with Gasteiger partial charge in [-0.25, -0.2) is 19.9 Å². The topological polar surface area (TPSA) is 77.8 Å². The van der Waals surface area contributed by atoms with Crippen LogP contribution >= 0.6 is 0 Å². The summed E-state index contributed by atoms with van der Waals surface area (Å²) in [6, 6.07) is 41.2. The van der Waals surface area contributed by atoms with Gasteiger partial charge in [0, 0.05) is 57.5 Å². The normalized spacial score (nSPS) is 11.8. The van der Waals surface area contributed by atoms with E-state index in [0.717, 1.165) is 88.0 Å². The molecule has 6 heteroatoms.